The van der Waals surface area contributed by atoms with E-state index in [1.54, 1.807) is 12.1 Å². The number of likely N-dealkylation sites (N-methyl/N-ethyl adjacent to an activating group) is 1. The van der Waals surface area contributed by atoms with Crippen molar-refractivity contribution in [1.82, 2.24) is 10.2 Å². The van der Waals surface area contributed by atoms with Crippen LogP contribution in [0.25, 0.3) is 0 Å². The molecule has 1 aromatic carbocycles. The molecule has 1 N–H and O–H groups in total. The normalized spacial score (nSPS) is 28.4. The van der Waals surface area contributed by atoms with Crippen LogP contribution in [-0.2, 0) is 4.74 Å². The van der Waals surface area contributed by atoms with Crippen LogP contribution in [-0.4, -0.2) is 43.8 Å². The number of hydrogen-bond donors (Lipinski definition) is 1. The predicted molar refractivity (Wildman–Crippen MR) is 77.3 cm³/mol. The molecule has 1 aromatic rings. The first-order valence-electron chi connectivity index (χ1n) is 7.47. The van der Waals surface area contributed by atoms with Crippen LogP contribution in [0.15, 0.2) is 18.2 Å². The van der Waals surface area contributed by atoms with Crippen LogP contribution in [0.3, 0.4) is 0 Å². The third-order valence-corrected chi connectivity index (χ3v) is 4.52. The van der Waals surface area contributed by atoms with E-state index < -0.39 is 0 Å². The van der Waals surface area contributed by atoms with Gasteiger partial charge in [0.05, 0.1) is 18.8 Å². The number of nitrogens with zero attached hydrogens (tertiary/aromatic N) is 1. The zero-order valence-electron chi connectivity index (χ0n) is 12.2. The monoisotopic (exact) mass is 278 g/mol. The van der Waals surface area contributed by atoms with Crippen LogP contribution in [0.2, 0.25) is 0 Å². The highest BCUT2D eigenvalue weighted by Gasteiger charge is 2.35. The van der Waals surface area contributed by atoms with E-state index >= 15 is 0 Å². The topological polar surface area (TPSA) is 24.5 Å². The van der Waals surface area contributed by atoms with Gasteiger partial charge in [-0.25, -0.2) is 4.39 Å². The van der Waals surface area contributed by atoms with E-state index in [0.29, 0.717) is 6.04 Å². The minimum absolute atomic E-state index is 0.0472. The van der Waals surface area contributed by atoms with Gasteiger partial charge in [0.2, 0.25) is 0 Å². The molecule has 4 heteroatoms. The summed E-state index contributed by atoms with van der Waals surface area (Å²) in [6.45, 7) is 4.84. The fraction of sp³-hybridized carbons (Fsp3) is 0.625. The van der Waals surface area contributed by atoms with E-state index in [-0.39, 0.29) is 18.0 Å². The van der Waals surface area contributed by atoms with E-state index in [0.717, 1.165) is 24.3 Å². The molecule has 0 aliphatic carbocycles. The van der Waals surface area contributed by atoms with Gasteiger partial charge in [-0.05, 0) is 56.6 Å². The molecule has 3 nitrogen and oxygen atoms in total. The summed E-state index contributed by atoms with van der Waals surface area (Å²) in [6, 6.07) is 5.87. The average Bonchev–Trinajstić information content (AvgIpc) is 2.86. The Morgan fingerprint density at radius 1 is 1.40 bits per heavy atom. The summed E-state index contributed by atoms with van der Waals surface area (Å²) in [5.41, 5.74) is 1.93. The molecule has 2 fully saturated rings. The number of nitrogens with one attached hydrogen (secondary N) is 1. The number of rotatable bonds is 3. The Morgan fingerprint density at radius 2 is 2.25 bits per heavy atom. The molecule has 0 bridgehead atoms. The Kier molecular flexibility index (Phi) is 4.06. The van der Waals surface area contributed by atoms with Crippen molar-refractivity contribution in [3.63, 3.8) is 0 Å². The predicted octanol–water partition coefficient (Wildman–Crippen LogP) is 2.26. The Morgan fingerprint density at radius 3 is 3.00 bits per heavy atom. The number of hydrogen-bond acceptors (Lipinski definition) is 3. The summed E-state index contributed by atoms with van der Waals surface area (Å²) in [7, 11) is 1.92. The highest BCUT2D eigenvalue weighted by atomic mass is 19.1. The summed E-state index contributed by atoms with van der Waals surface area (Å²) in [5.74, 6) is -0.171. The molecule has 0 spiro atoms. The standard InChI is InChI=1S/C16H23FN2O/c1-11-6-12(8-13(17)7-11)16(18-2)15-9-19-5-3-4-14(19)10-20-15/h6-8,14-16,18H,3-5,9-10H2,1-2H3. The molecule has 0 radical (unpaired) electrons. The lowest BCUT2D eigenvalue weighted by atomic mass is 9.97. The number of ether oxygens (including phenoxy) is 1. The van der Waals surface area contributed by atoms with Crippen molar-refractivity contribution in [2.24, 2.45) is 0 Å². The second kappa shape index (κ2) is 5.80. The van der Waals surface area contributed by atoms with Gasteiger partial charge in [0.15, 0.2) is 0 Å². The van der Waals surface area contributed by atoms with Crippen molar-refractivity contribution in [3.05, 3.63) is 35.1 Å². The van der Waals surface area contributed by atoms with Crippen molar-refractivity contribution in [3.8, 4) is 0 Å². The molecule has 2 saturated heterocycles. The molecule has 0 saturated carbocycles. The largest absolute Gasteiger partial charge is 0.373 e. The first-order chi connectivity index (χ1) is 9.67. The minimum atomic E-state index is -0.171. The number of benzene rings is 1. The van der Waals surface area contributed by atoms with Crippen molar-refractivity contribution in [2.45, 2.75) is 38.0 Å². The van der Waals surface area contributed by atoms with Crippen molar-refractivity contribution in [1.29, 1.82) is 0 Å². The van der Waals surface area contributed by atoms with Gasteiger partial charge in [-0.15, -0.1) is 0 Å². The fourth-order valence-electron chi connectivity index (χ4n) is 3.56. The molecule has 20 heavy (non-hydrogen) atoms. The van der Waals surface area contributed by atoms with Crippen LogP contribution in [0.4, 0.5) is 4.39 Å². The van der Waals surface area contributed by atoms with Gasteiger partial charge < -0.3 is 10.1 Å². The summed E-state index contributed by atoms with van der Waals surface area (Å²) < 4.78 is 19.7. The lowest BCUT2D eigenvalue weighted by Gasteiger charge is -2.39. The van der Waals surface area contributed by atoms with E-state index in [2.05, 4.69) is 10.2 Å². The molecule has 110 valence electrons. The van der Waals surface area contributed by atoms with Gasteiger partial charge in [0.1, 0.15) is 5.82 Å². The quantitative estimate of drug-likeness (QED) is 0.918. The van der Waals surface area contributed by atoms with Crippen LogP contribution in [0.1, 0.15) is 30.0 Å². The maximum atomic E-state index is 13.6. The lowest BCUT2D eigenvalue weighted by Crippen LogP contribution is -2.50. The number of halogens is 1. The fourth-order valence-corrected chi connectivity index (χ4v) is 3.56. The molecule has 0 aromatic heterocycles. The summed E-state index contributed by atoms with van der Waals surface area (Å²) in [5, 5.41) is 3.30. The summed E-state index contributed by atoms with van der Waals surface area (Å²) in [4.78, 5) is 2.52. The molecule has 2 aliphatic rings. The summed E-state index contributed by atoms with van der Waals surface area (Å²) in [6.07, 6.45) is 2.61. The second-order valence-electron chi connectivity index (χ2n) is 5.99. The van der Waals surface area contributed by atoms with Crippen molar-refractivity contribution in [2.75, 3.05) is 26.7 Å². The number of morpholine rings is 1. The van der Waals surface area contributed by atoms with Crippen LogP contribution < -0.4 is 5.32 Å². The van der Waals surface area contributed by atoms with Crippen LogP contribution >= 0.6 is 0 Å². The average molecular weight is 278 g/mol. The van der Waals surface area contributed by atoms with E-state index in [1.807, 2.05) is 20.0 Å². The Labute approximate surface area is 120 Å². The minimum Gasteiger partial charge on any atom is -0.373 e. The zero-order valence-corrected chi connectivity index (χ0v) is 12.2. The van der Waals surface area contributed by atoms with Gasteiger partial charge >= 0.3 is 0 Å². The van der Waals surface area contributed by atoms with E-state index in [9.17, 15) is 4.39 Å². The molecular weight excluding hydrogens is 255 g/mol. The smallest absolute Gasteiger partial charge is 0.123 e. The van der Waals surface area contributed by atoms with Crippen molar-refractivity contribution >= 4 is 0 Å². The van der Waals surface area contributed by atoms with Gasteiger partial charge in [-0.1, -0.05) is 6.07 Å². The Bertz CT molecular complexity index is 459. The molecule has 3 rings (SSSR count). The lowest BCUT2D eigenvalue weighted by molar-refractivity contribution is -0.0643. The molecular formula is C16H23FN2O. The number of fused-ring (bicyclic) bond motifs is 1. The number of aryl methyl sites for hydroxylation is 1. The van der Waals surface area contributed by atoms with Gasteiger partial charge in [0, 0.05) is 12.6 Å². The highest BCUT2D eigenvalue weighted by Crippen LogP contribution is 2.29. The van der Waals surface area contributed by atoms with E-state index in [1.165, 1.54) is 19.4 Å². The maximum Gasteiger partial charge on any atom is 0.123 e. The van der Waals surface area contributed by atoms with Crippen molar-refractivity contribution < 1.29 is 9.13 Å². The van der Waals surface area contributed by atoms with Gasteiger partial charge in [-0.2, -0.15) is 0 Å². The zero-order chi connectivity index (χ0) is 14.1. The van der Waals surface area contributed by atoms with Crippen LogP contribution in [0.5, 0.6) is 0 Å². The third kappa shape index (κ3) is 2.73. The molecule has 2 heterocycles. The molecule has 0 amide bonds. The third-order valence-electron chi connectivity index (χ3n) is 4.52. The van der Waals surface area contributed by atoms with Gasteiger partial charge in [-0.3, -0.25) is 4.90 Å². The van der Waals surface area contributed by atoms with Gasteiger partial charge in [0.25, 0.3) is 0 Å². The van der Waals surface area contributed by atoms with E-state index in [4.69, 9.17) is 4.74 Å². The summed E-state index contributed by atoms with van der Waals surface area (Å²) >= 11 is 0. The molecule has 2 aliphatic heterocycles. The molecule has 3 unspecified atom stereocenters. The maximum absolute atomic E-state index is 13.6. The SMILES string of the molecule is CNC(c1cc(C)cc(F)c1)C1CN2CCCC2CO1. The highest BCUT2D eigenvalue weighted by molar-refractivity contribution is 5.27. The van der Waals surface area contributed by atoms with Crippen LogP contribution in [0, 0.1) is 12.7 Å². The molecule has 3 atom stereocenters. The first-order valence-corrected chi connectivity index (χ1v) is 7.47. The second-order valence-corrected chi connectivity index (χ2v) is 5.99. The Balaban J connectivity index is 1.79. The first kappa shape index (κ1) is 14.0. The Hall–Kier alpha value is -0.970.